The van der Waals surface area contributed by atoms with Crippen LogP contribution in [0, 0.1) is 0 Å². The van der Waals surface area contributed by atoms with E-state index in [2.05, 4.69) is 18.7 Å². The minimum Gasteiger partial charge on any atom is -0.301 e. The van der Waals surface area contributed by atoms with Crippen molar-refractivity contribution >= 4 is 21.6 Å². The van der Waals surface area contributed by atoms with Crippen molar-refractivity contribution in [3.63, 3.8) is 0 Å². The topological polar surface area (TPSA) is 40.6 Å². The van der Waals surface area contributed by atoms with Crippen LogP contribution in [-0.4, -0.2) is 61.5 Å². The minimum absolute atomic E-state index is 0.163. The average molecular weight is 311 g/mol. The Labute approximate surface area is 123 Å². The van der Waals surface area contributed by atoms with Gasteiger partial charge in [0.25, 0.3) is 0 Å². The second-order valence-electron chi connectivity index (χ2n) is 5.59. The highest BCUT2D eigenvalue weighted by Gasteiger charge is 2.29. The molecule has 0 unspecified atom stereocenters. The Morgan fingerprint density at radius 2 is 1.84 bits per heavy atom. The summed E-state index contributed by atoms with van der Waals surface area (Å²) in [4.78, 5) is 2.41. The van der Waals surface area contributed by atoms with E-state index in [1.54, 1.807) is 11.4 Å². The molecule has 0 bridgehead atoms. The third-order valence-corrected chi connectivity index (χ3v) is 6.22. The Kier molecular flexibility index (Phi) is 7.08. The van der Waals surface area contributed by atoms with Gasteiger partial charge in [-0.25, -0.2) is 12.7 Å². The van der Waals surface area contributed by atoms with E-state index < -0.39 is 10.0 Å². The fourth-order valence-corrected chi connectivity index (χ4v) is 4.23. The number of hydrogen-bond donors (Lipinski definition) is 0. The Bertz CT molecular complexity index is 352. The molecule has 0 aromatic carbocycles. The van der Waals surface area contributed by atoms with E-state index in [4.69, 9.17) is 11.6 Å². The first kappa shape index (κ1) is 17.2. The third kappa shape index (κ3) is 5.21. The molecular formula is C13H27ClN2O2S. The first-order chi connectivity index (χ1) is 8.88. The molecule has 1 fully saturated rings. The van der Waals surface area contributed by atoms with Gasteiger partial charge in [-0.1, -0.05) is 0 Å². The van der Waals surface area contributed by atoms with Crippen molar-refractivity contribution in [2.45, 2.75) is 51.6 Å². The van der Waals surface area contributed by atoms with Crippen molar-refractivity contribution in [2.24, 2.45) is 0 Å². The van der Waals surface area contributed by atoms with Gasteiger partial charge in [-0.05, 0) is 52.6 Å². The van der Waals surface area contributed by atoms with Gasteiger partial charge in [-0.15, -0.1) is 11.6 Å². The average Bonchev–Trinajstić information content (AvgIpc) is 2.38. The summed E-state index contributed by atoms with van der Waals surface area (Å²) in [6.45, 7) is 6.35. The second kappa shape index (κ2) is 7.81. The van der Waals surface area contributed by atoms with Gasteiger partial charge in [0, 0.05) is 25.0 Å². The molecule has 1 aliphatic rings. The van der Waals surface area contributed by atoms with Crippen LogP contribution in [0.1, 0.15) is 39.5 Å². The fraction of sp³-hybridized carbons (Fsp3) is 1.00. The number of sulfonamides is 1. The molecular weight excluding hydrogens is 284 g/mol. The lowest BCUT2D eigenvalue weighted by Crippen LogP contribution is -2.47. The van der Waals surface area contributed by atoms with Gasteiger partial charge < -0.3 is 4.90 Å². The van der Waals surface area contributed by atoms with Crippen LogP contribution in [0.4, 0.5) is 0 Å². The van der Waals surface area contributed by atoms with E-state index in [-0.39, 0.29) is 11.8 Å². The first-order valence-corrected chi connectivity index (χ1v) is 9.28. The molecule has 0 aromatic heterocycles. The van der Waals surface area contributed by atoms with Crippen molar-refractivity contribution in [3.8, 4) is 0 Å². The van der Waals surface area contributed by atoms with E-state index in [1.165, 1.54) is 0 Å². The number of halogens is 1. The second-order valence-corrected chi connectivity index (χ2v) is 8.12. The summed E-state index contributed by atoms with van der Waals surface area (Å²) in [6.07, 6.45) is 3.29. The molecule has 0 aliphatic carbocycles. The summed E-state index contributed by atoms with van der Waals surface area (Å²) in [7, 11) is -1.39. The molecule has 0 atom stereocenters. The first-order valence-electron chi connectivity index (χ1n) is 7.14. The third-order valence-electron chi connectivity index (χ3n) is 3.97. The molecule has 0 saturated carbocycles. The Hall–Kier alpha value is 0.160. The van der Waals surface area contributed by atoms with Gasteiger partial charge in [-0.3, -0.25) is 0 Å². The van der Waals surface area contributed by atoms with Crippen LogP contribution in [0.25, 0.3) is 0 Å². The summed E-state index contributed by atoms with van der Waals surface area (Å²) < 4.78 is 26.0. The number of nitrogens with zero attached hydrogens (tertiary/aromatic N) is 2. The van der Waals surface area contributed by atoms with Crippen molar-refractivity contribution in [1.82, 2.24) is 9.21 Å². The van der Waals surface area contributed by atoms with Crippen LogP contribution >= 0.6 is 11.6 Å². The zero-order valence-electron chi connectivity index (χ0n) is 12.3. The van der Waals surface area contributed by atoms with Crippen LogP contribution in [0.15, 0.2) is 0 Å². The molecule has 1 aliphatic heterocycles. The summed E-state index contributed by atoms with van der Waals surface area (Å²) in [5, 5.41) is 0. The number of alkyl halides is 1. The predicted molar refractivity (Wildman–Crippen MR) is 81.2 cm³/mol. The van der Waals surface area contributed by atoms with Crippen LogP contribution in [-0.2, 0) is 10.0 Å². The monoisotopic (exact) mass is 310 g/mol. The van der Waals surface area contributed by atoms with Crippen LogP contribution in [0.5, 0.6) is 0 Å². The van der Waals surface area contributed by atoms with E-state index in [0.29, 0.717) is 18.3 Å². The zero-order chi connectivity index (χ0) is 14.5. The van der Waals surface area contributed by atoms with Gasteiger partial charge in [0.05, 0.1) is 5.75 Å². The molecule has 0 amide bonds. The fourth-order valence-electron chi connectivity index (χ4n) is 2.52. The maximum Gasteiger partial charge on any atom is 0.214 e. The lowest BCUT2D eigenvalue weighted by atomic mass is 10.0. The summed E-state index contributed by atoms with van der Waals surface area (Å²) >= 11 is 5.59. The minimum atomic E-state index is -3.11. The molecule has 0 spiro atoms. The highest BCUT2D eigenvalue weighted by atomic mass is 35.5. The number of likely N-dealkylation sites (tertiary alicyclic amines) is 1. The van der Waals surface area contributed by atoms with Crippen molar-refractivity contribution in [2.75, 3.05) is 31.8 Å². The molecule has 0 radical (unpaired) electrons. The van der Waals surface area contributed by atoms with Crippen molar-refractivity contribution in [1.29, 1.82) is 0 Å². The summed E-state index contributed by atoms with van der Waals surface area (Å²) in [6, 6.07) is 0.711. The van der Waals surface area contributed by atoms with Crippen LogP contribution in [0.3, 0.4) is 0 Å². The predicted octanol–water partition coefficient (Wildman–Crippen LogP) is 2.14. The highest BCUT2D eigenvalue weighted by molar-refractivity contribution is 7.89. The Morgan fingerprint density at radius 3 is 2.32 bits per heavy atom. The van der Waals surface area contributed by atoms with Crippen LogP contribution < -0.4 is 0 Å². The molecule has 4 nitrogen and oxygen atoms in total. The lowest BCUT2D eigenvalue weighted by molar-refractivity contribution is 0.140. The van der Waals surface area contributed by atoms with E-state index in [1.807, 2.05) is 0 Å². The molecule has 1 heterocycles. The zero-order valence-corrected chi connectivity index (χ0v) is 13.9. The summed E-state index contributed by atoms with van der Waals surface area (Å²) in [5.41, 5.74) is 0. The van der Waals surface area contributed by atoms with E-state index in [9.17, 15) is 8.42 Å². The Balaban J connectivity index is 2.47. The SMILES string of the molecule is CC(C)N1CCC(N(C)S(=O)(=O)CCCCCl)CC1. The van der Waals surface area contributed by atoms with Crippen molar-refractivity contribution in [3.05, 3.63) is 0 Å². The van der Waals surface area contributed by atoms with Gasteiger partial charge in [0.2, 0.25) is 10.0 Å². The van der Waals surface area contributed by atoms with Crippen LogP contribution in [0.2, 0.25) is 0 Å². The molecule has 19 heavy (non-hydrogen) atoms. The largest absolute Gasteiger partial charge is 0.301 e. The van der Waals surface area contributed by atoms with E-state index >= 15 is 0 Å². The number of piperidine rings is 1. The maximum atomic E-state index is 12.2. The van der Waals surface area contributed by atoms with Gasteiger partial charge in [0.1, 0.15) is 0 Å². The van der Waals surface area contributed by atoms with Gasteiger partial charge >= 0.3 is 0 Å². The molecule has 1 rings (SSSR count). The summed E-state index contributed by atoms with van der Waals surface area (Å²) in [5.74, 6) is 0.757. The normalized spacial score (nSPS) is 19.5. The Morgan fingerprint density at radius 1 is 1.26 bits per heavy atom. The standard InChI is InChI=1S/C13H27ClN2O2S/c1-12(2)16-9-6-13(7-10-16)15(3)19(17,18)11-5-4-8-14/h12-13H,4-11H2,1-3H3. The van der Waals surface area contributed by atoms with Gasteiger partial charge in [-0.2, -0.15) is 0 Å². The molecule has 0 aromatic rings. The maximum absolute atomic E-state index is 12.2. The van der Waals surface area contributed by atoms with Gasteiger partial charge in [0.15, 0.2) is 0 Å². The lowest BCUT2D eigenvalue weighted by Gasteiger charge is -2.38. The molecule has 0 N–H and O–H groups in total. The molecule has 114 valence electrons. The molecule has 6 heteroatoms. The molecule has 1 saturated heterocycles. The van der Waals surface area contributed by atoms with Crippen molar-refractivity contribution < 1.29 is 8.42 Å². The number of hydrogen-bond acceptors (Lipinski definition) is 3. The highest BCUT2D eigenvalue weighted by Crippen LogP contribution is 2.20. The number of unbranched alkanes of at least 4 members (excludes halogenated alkanes) is 1. The smallest absolute Gasteiger partial charge is 0.214 e. The van der Waals surface area contributed by atoms with E-state index in [0.717, 1.165) is 32.4 Å². The number of rotatable bonds is 7. The quantitative estimate of drug-likeness (QED) is 0.534.